The van der Waals surface area contributed by atoms with Crippen LogP contribution < -0.4 is 11.1 Å². The van der Waals surface area contributed by atoms with Gasteiger partial charge in [0.1, 0.15) is 0 Å². The van der Waals surface area contributed by atoms with E-state index in [1.54, 1.807) is 0 Å². The summed E-state index contributed by atoms with van der Waals surface area (Å²) in [6.45, 7) is 12.1. The van der Waals surface area contributed by atoms with Gasteiger partial charge in [0, 0.05) is 24.5 Å². The fraction of sp³-hybridized carbons (Fsp3) is 0.474. The summed E-state index contributed by atoms with van der Waals surface area (Å²) in [4.78, 5) is 4.47. The predicted octanol–water partition coefficient (Wildman–Crippen LogP) is 4.30. The number of aryl methyl sites for hydroxylation is 2. The molecule has 0 amide bonds. The first-order valence-corrected chi connectivity index (χ1v) is 8.53. The van der Waals surface area contributed by atoms with Crippen LogP contribution in [-0.2, 0) is 6.54 Å². The van der Waals surface area contributed by atoms with Crippen molar-refractivity contribution in [2.24, 2.45) is 16.6 Å². The number of rotatable bonds is 6. The zero-order chi connectivity index (χ0) is 17.7. The second kappa shape index (κ2) is 9.79. The number of nitrogens with zero attached hydrogens (tertiary/aromatic N) is 3. The Labute approximate surface area is 168 Å². The van der Waals surface area contributed by atoms with Gasteiger partial charge in [0.15, 0.2) is 5.96 Å². The third-order valence-electron chi connectivity index (χ3n) is 3.99. The van der Waals surface area contributed by atoms with Crippen LogP contribution in [-0.4, -0.2) is 22.3 Å². The zero-order valence-electron chi connectivity index (χ0n) is 15.8. The van der Waals surface area contributed by atoms with Crippen LogP contribution in [0.4, 0.5) is 5.69 Å². The summed E-state index contributed by atoms with van der Waals surface area (Å²) in [5.41, 5.74) is 10.5. The smallest absolute Gasteiger partial charge is 0.193 e. The molecule has 0 spiro atoms. The topological polar surface area (TPSA) is 68.2 Å². The van der Waals surface area contributed by atoms with Gasteiger partial charge in [0.25, 0.3) is 0 Å². The number of guanidine groups is 1. The summed E-state index contributed by atoms with van der Waals surface area (Å²) >= 11 is 0. The Morgan fingerprint density at radius 3 is 2.56 bits per heavy atom. The van der Waals surface area contributed by atoms with Gasteiger partial charge in [0.05, 0.1) is 5.69 Å². The summed E-state index contributed by atoms with van der Waals surface area (Å²) in [6, 6.07) is 10.4. The monoisotopic (exact) mass is 455 g/mol. The van der Waals surface area contributed by atoms with Crippen molar-refractivity contribution < 1.29 is 0 Å². The van der Waals surface area contributed by atoms with Gasteiger partial charge in [-0.25, -0.2) is 0 Å². The molecule has 25 heavy (non-hydrogen) atoms. The highest BCUT2D eigenvalue weighted by molar-refractivity contribution is 14.0. The van der Waals surface area contributed by atoms with E-state index in [4.69, 9.17) is 5.73 Å². The molecule has 0 radical (unpaired) electrons. The van der Waals surface area contributed by atoms with Gasteiger partial charge in [0.2, 0.25) is 0 Å². The molecule has 3 N–H and O–H groups in total. The molecule has 5 nitrogen and oxygen atoms in total. The molecule has 0 saturated carbocycles. The van der Waals surface area contributed by atoms with Crippen LogP contribution in [0, 0.1) is 19.8 Å². The predicted molar refractivity (Wildman–Crippen MR) is 117 cm³/mol. The molecule has 0 aliphatic rings. The summed E-state index contributed by atoms with van der Waals surface area (Å²) in [5, 5.41) is 7.67. The van der Waals surface area contributed by atoms with Gasteiger partial charge in [-0.2, -0.15) is 5.10 Å². The van der Waals surface area contributed by atoms with Crippen LogP contribution in [0.2, 0.25) is 0 Å². The van der Waals surface area contributed by atoms with Crippen LogP contribution in [0.3, 0.4) is 0 Å². The van der Waals surface area contributed by atoms with Gasteiger partial charge in [-0.05, 0) is 49.4 Å². The van der Waals surface area contributed by atoms with Gasteiger partial charge in [-0.3, -0.25) is 9.67 Å². The lowest BCUT2D eigenvalue weighted by atomic mass is 10.0. The fourth-order valence-corrected chi connectivity index (χ4v) is 2.63. The normalized spacial score (nSPS) is 12.8. The quantitative estimate of drug-likeness (QED) is 0.388. The first kappa shape index (κ1) is 21.5. The lowest BCUT2D eigenvalue weighted by molar-refractivity contribution is 0.450. The minimum absolute atomic E-state index is 0. The van der Waals surface area contributed by atoms with Crippen molar-refractivity contribution in [1.29, 1.82) is 0 Å². The number of aromatic nitrogens is 2. The second-order valence-electron chi connectivity index (χ2n) is 6.85. The van der Waals surface area contributed by atoms with E-state index >= 15 is 0 Å². The van der Waals surface area contributed by atoms with E-state index in [1.165, 1.54) is 11.3 Å². The van der Waals surface area contributed by atoms with Crippen LogP contribution in [0.15, 0.2) is 35.3 Å². The molecule has 2 rings (SSSR count). The molecule has 1 aromatic heterocycles. The van der Waals surface area contributed by atoms with Crippen LogP contribution in [0.5, 0.6) is 0 Å². The van der Waals surface area contributed by atoms with Crippen molar-refractivity contribution >= 4 is 35.6 Å². The number of hydrogen-bond acceptors (Lipinski definition) is 2. The largest absolute Gasteiger partial charge is 0.370 e. The fourth-order valence-electron chi connectivity index (χ4n) is 2.63. The number of anilines is 1. The number of hydrogen-bond donors (Lipinski definition) is 2. The minimum Gasteiger partial charge on any atom is -0.370 e. The van der Waals surface area contributed by atoms with E-state index in [9.17, 15) is 0 Å². The average Bonchev–Trinajstić information content (AvgIpc) is 2.83. The summed E-state index contributed by atoms with van der Waals surface area (Å²) in [7, 11) is 0. The van der Waals surface area contributed by atoms with E-state index in [0.29, 0.717) is 24.3 Å². The number of aliphatic imine (C=N–C) groups is 1. The average molecular weight is 455 g/mol. The number of benzene rings is 1. The molecule has 1 heterocycles. The van der Waals surface area contributed by atoms with Crippen molar-refractivity contribution in [2.75, 3.05) is 11.9 Å². The van der Waals surface area contributed by atoms with Crippen molar-refractivity contribution in [3.05, 3.63) is 47.3 Å². The zero-order valence-corrected chi connectivity index (χ0v) is 18.1. The Morgan fingerprint density at radius 1 is 1.24 bits per heavy atom. The van der Waals surface area contributed by atoms with Crippen molar-refractivity contribution in [1.82, 2.24) is 9.78 Å². The third-order valence-corrected chi connectivity index (χ3v) is 3.99. The summed E-state index contributed by atoms with van der Waals surface area (Å²) in [6.07, 6.45) is 0. The molecule has 0 aliphatic heterocycles. The minimum atomic E-state index is 0. The summed E-state index contributed by atoms with van der Waals surface area (Å²) in [5.74, 6) is 1.31. The Hall–Kier alpha value is -1.57. The highest BCUT2D eigenvalue weighted by atomic mass is 127. The molecule has 0 saturated heterocycles. The number of nitrogens with two attached hydrogens (primary N) is 1. The van der Waals surface area contributed by atoms with Crippen LogP contribution >= 0.6 is 24.0 Å². The highest BCUT2D eigenvalue weighted by Gasteiger charge is 2.07. The molecule has 0 bridgehead atoms. The SMILES string of the molecule is Cc1cc(C)n(CC(C)CN=C(N)Nc2cccc(C(C)C)c2)n1.I. The molecule has 1 aromatic carbocycles. The van der Waals surface area contributed by atoms with Crippen molar-refractivity contribution in [2.45, 2.75) is 47.1 Å². The van der Waals surface area contributed by atoms with E-state index in [1.807, 2.05) is 23.7 Å². The summed E-state index contributed by atoms with van der Waals surface area (Å²) < 4.78 is 2.03. The molecule has 6 heteroatoms. The molecule has 2 aromatic rings. The third kappa shape index (κ3) is 6.68. The maximum Gasteiger partial charge on any atom is 0.193 e. The van der Waals surface area contributed by atoms with Crippen LogP contribution in [0.25, 0.3) is 0 Å². The molecule has 0 fully saturated rings. The van der Waals surface area contributed by atoms with Gasteiger partial charge >= 0.3 is 0 Å². The van der Waals surface area contributed by atoms with Crippen molar-refractivity contribution in [3.63, 3.8) is 0 Å². The Bertz CT molecular complexity index is 706. The highest BCUT2D eigenvalue weighted by Crippen LogP contribution is 2.18. The van der Waals surface area contributed by atoms with Crippen LogP contribution in [0.1, 0.15) is 43.6 Å². The first-order chi connectivity index (χ1) is 11.3. The van der Waals surface area contributed by atoms with E-state index in [-0.39, 0.29) is 24.0 Å². The number of nitrogens with one attached hydrogen (secondary N) is 1. The van der Waals surface area contributed by atoms with E-state index in [2.05, 4.69) is 61.3 Å². The Balaban J connectivity index is 0.00000312. The maximum atomic E-state index is 6.02. The Kier molecular flexibility index (Phi) is 8.41. The lowest BCUT2D eigenvalue weighted by Crippen LogP contribution is -2.24. The molecule has 1 unspecified atom stereocenters. The molecule has 0 aliphatic carbocycles. The van der Waals surface area contributed by atoms with Crippen molar-refractivity contribution in [3.8, 4) is 0 Å². The van der Waals surface area contributed by atoms with E-state index < -0.39 is 0 Å². The first-order valence-electron chi connectivity index (χ1n) is 8.53. The van der Waals surface area contributed by atoms with Gasteiger partial charge in [-0.1, -0.05) is 32.9 Å². The second-order valence-corrected chi connectivity index (χ2v) is 6.85. The molecule has 1 atom stereocenters. The maximum absolute atomic E-state index is 6.02. The van der Waals surface area contributed by atoms with Gasteiger partial charge in [-0.15, -0.1) is 24.0 Å². The molecule has 138 valence electrons. The standard InChI is InChI=1S/C19H29N5.HI/c1-13(2)17-7-6-8-18(10-17)22-19(20)21-11-14(3)12-24-16(5)9-15(4)23-24;/h6-10,13-14H,11-12H2,1-5H3,(H3,20,21,22);1H. The molecular weight excluding hydrogens is 425 g/mol. The lowest BCUT2D eigenvalue weighted by Gasteiger charge is -2.12. The van der Waals surface area contributed by atoms with Gasteiger partial charge < -0.3 is 11.1 Å². The molecular formula is C19H30IN5. The Morgan fingerprint density at radius 2 is 1.96 bits per heavy atom. The number of halogens is 1. The van der Waals surface area contributed by atoms with E-state index in [0.717, 1.165) is 17.9 Å².